The van der Waals surface area contributed by atoms with Gasteiger partial charge in [-0.05, 0) is 24.5 Å². The van der Waals surface area contributed by atoms with Gasteiger partial charge in [0, 0.05) is 31.5 Å². The van der Waals surface area contributed by atoms with Gasteiger partial charge in [0.25, 0.3) is 5.69 Å². The SMILES string of the molecule is CC(C)COCCCNc1ccc([N+](=O)[O-])c(C#N)c1. The van der Waals surface area contributed by atoms with Crippen molar-refractivity contribution in [2.45, 2.75) is 20.3 Å². The fourth-order valence-electron chi connectivity index (χ4n) is 1.62. The van der Waals surface area contributed by atoms with Crippen LogP contribution in [0.15, 0.2) is 18.2 Å². The first-order chi connectivity index (χ1) is 9.54. The first-order valence-corrected chi connectivity index (χ1v) is 6.54. The van der Waals surface area contributed by atoms with Crippen LogP contribution in [0.5, 0.6) is 0 Å². The number of ether oxygens (including phenoxy) is 1. The van der Waals surface area contributed by atoms with Crippen molar-refractivity contribution in [2.24, 2.45) is 5.92 Å². The maximum atomic E-state index is 10.7. The van der Waals surface area contributed by atoms with Crippen LogP contribution >= 0.6 is 0 Å². The lowest BCUT2D eigenvalue weighted by Crippen LogP contribution is -2.08. The van der Waals surface area contributed by atoms with Crippen molar-refractivity contribution in [1.82, 2.24) is 0 Å². The molecular weight excluding hydrogens is 258 g/mol. The van der Waals surface area contributed by atoms with Crippen molar-refractivity contribution in [3.8, 4) is 6.07 Å². The number of hydrogen-bond donors (Lipinski definition) is 1. The molecule has 0 aliphatic carbocycles. The number of nitriles is 1. The van der Waals surface area contributed by atoms with Gasteiger partial charge in [0.1, 0.15) is 11.6 Å². The van der Waals surface area contributed by atoms with E-state index in [-0.39, 0.29) is 11.3 Å². The molecule has 0 aliphatic heterocycles. The van der Waals surface area contributed by atoms with Crippen LogP contribution in [0.2, 0.25) is 0 Å². The van der Waals surface area contributed by atoms with Crippen molar-refractivity contribution in [3.05, 3.63) is 33.9 Å². The smallest absolute Gasteiger partial charge is 0.287 e. The van der Waals surface area contributed by atoms with Crippen LogP contribution < -0.4 is 5.32 Å². The van der Waals surface area contributed by atoms with E-state index in [4.69, 9.17) is 10.00 Å². The second kappa shape index (κ2) is 8.12. The lowest BCUT2D eigenvalue weighted by Gasteiger charge is -2.08. The molecule has 0 saturated carbocycles. The van der Waals surface area contributed by atoms with Gasteiger partial charge in [-0.2, -0.15) is 5.26 Å². The van der Waals surface area contributed by atoms with E-state index < -0.39 is 4.92 Å². The van der Waals surface area contributed by atoms with Crippen molar-refractivity contribution in [1.29, 1.82) is 5.26 Å². The van der Waals surface area contributed by atoms with Crippen LogP contribution in [0, 0.1) is 27.4 Å². The Bertz CT molecular complexity index is 495. The molecule has 20 heavy (non-hydrogen) atoms. The average molecular weight is 277 g/mol. The number of hydrogen-bond acceptors (Lipinski definition) is 5. The predicted octanol–water partition coefficient (Wildman–Crippen LogP) is 2.94. The Morgan fingerprint density at radius 1 is 1.50 bits per heavy atom. The first kappa shape index (κ1) is 15.9. The van der Waals surface area contributed by atoms with E-state index in [2.05, 4.69) is 19.2 Å². The fraction of sp³-hybridized carbons (Fsp3) is 0.500. The summed E-state index contributed by atoms with van der Waals surface area (Å²) in [6.45, 7) is 6.30. The van der Waals surface area contributed by atoms with Crippen LogP contribution in [0.25, 0.3) is 0 Å². The minimum Gasteiger partial charge on any atom is -0.385 e. The lowest BCUT2D eigenvalue weighted by atomic mass is 10.1. The van der Waals surface area contributed by atoms with Crippen LogP contribution in [-0.2, 0) is 4.74 Å². The summed E-state index contributed by atoms with van der Waals surface area (Å²) in [5, 5.41) is 22.7. The lowest BCUT2D eigenvalue weighted by molar-refractivity contribution is -0.385. The molecule has 1 aromatic carbocycles. The molecule has 0 aromatic heterocycles. The molecule has 0 bridgehead atoms. The molecule has 1 aromatic rings. The summed E-state index contributed by atoms with van der Waals surface area (Å²) in [6.07, 6.45) is 0.839. The van der Waals surface area contributed by atoms with Crippen LogP contribution in [-0.4, -0.2) is 24.7 Å². The molecule has 0 saturated heterocycles. The Balaban J connectivity index is 2.42. The highest BCUT2D eigenvalue weighted by molar-refractivity contribution is 5.58. The maximum absolute atomic E-state index is 10.7. The summed E-state index contributed by atoms with van der Waals surface area (Å²) in [4.78, 5) is 10.1. The van der Waals surface area contributed by atoms with Crippen LogP contribution in [0.1, 0.15) is 25.8 Å². The van der Waals surface area contributed by atoms with Crippen LogP contribution in [0.3, 0.4) is 0 Å². The standard InChI is InChI=1S/C14H19N3O3/c1-11(2)10-20-7-3-6-16-13-4-5-14(17(18)19)12(8-13)9-15/h4-5,8,11,16H,3,6-7,10H2,1-2H3. The fourth-order valence-corrected chi connectivity index (χ4v) is 1.62. The van der Waals surface area contributed by atoms with Crippen molar-refractivity contribution >= 4 is 11.4 Å². The monoisotopic (exact) mass is 277 g/mol. The minimum absolute atomic E-state index is 0.0658. The Morgan fingerprint density at radius 3 is 2.85 bits per heavy atom. The third kappa shape index (κ3) is 5.24. The molecule has 108 valence electrons. The van der Waals surface area contributed by atoms with Gasteiger partial charge in [-0.3, -0.25) is 10.1 Å². The molecule has 0 radical (unpaired) electrons. The van der Waals surface area contributed by atoms with E-state index in [1.165, 1.54) is 12.1 Å². The summed E-state index contributed by atoms with van der Waals surface area (Å²) in [5.41, 5.74) is 0.602. The third-order valence-electron chi connectivity index (χ3n) is 2.56. The topological polar surface area (TPSA) is 88.2 Å². The molecule has 0 heterocycles. The maximum Gasteiger partial charge on any atom is 0.287 e. The van der Waals surface area contributed by atoms with Gasteiger partial charge in [0.15, 0.2) is 0 Å². The normalized spacial score (nSPS) is 10.3. The second-order valence-corrected chi connectivity index (χ2v) is 4.85. The van der Waals surface area contributed by atoms with E-state index in [1.807, 2.05) is 6.07 Å². The number of nitro groups is 1. The molecule has 0 amide bonds. The molecule has 0 unspecified atom stereocenters. The Labute approximate surface area is 118 Å². The number of benzene rings is 1. The highest BCUT2D eigenvalue weighted by atomic mass is 16.6. The zero-order valence-corrected chi connectivity index (χ0v) is 11.8. The third-order valence-corrected chi connectivity index (χ3v) is 2.56. The number of rotatable bonds is 8. The van der Waals surface area contributed by atoms with Gasteiger partial charge in [-0.15, -0.1) is 0 Å². The van der Waals surface area contributed by atoms with E-state index in [9.17, 15) is 10.1 Å². The van der Waals surface area contributed by atoms with Gasteiger partial charge in [0.2, 0.25) is 0 Å². The summed E-state index contributed by atoms with van der Waals surface area (Å²) in [6, 6.07) is 6.28. The first-order valence-electron chi connectivity index (χ1n) is 6.54. The molecular formula is C14H19N3O3. The largest absolute Gasteiger partial charge is 0.385 e. The Hall–Kier alpha value is -2.13. The minimum atomic E-state index is -0.553. The molecule has 0 fully saturated rings. The summed E-state index contributed by atoms with van der Waals surface area (Å²) in [5.74, 6) is 0.524. The van der Waals surface area contributed by atoms with E-state index in [0.717, 1.165) is 13.0 Å². The molecule has 6 nitrogen and oxygen atoms in total. The zero-order chi connectivity index (χ0) is 15.0. The molecule has 0 aliphatic rings. The number of anilines is 1. The van der Waals surface area contributed by atoms with Crippen molar-refractivity contribution < 1.29 is 9.66 Å². The highest BCUT2D eigenvalue weighted by Gasteiger charge is 2.13. The van der Waals surface area contributed by atoms with Gasteiger partial charge in [0.05, 0.1) is 4.92 Å². The molecule has 1 rings (SSSR count). The quantitative estimate of drug-likeness (QED) is 0.448. The summed E-state index contributed by atoms with van der Waals surface area (Å²) < 4.78 is 5.45. The molecule has 6 heteroatoms. The molecule has 1 N–H and O–H groups in total. The van der Waals surface area contributed by atoms with E-state index in [1.54, 1.807) is 6.07 Å². The van der Waals surface area contributed by atoms with Crippen molar-refractivity contribution in [3.63, 3.8) is 0 Å². The Kier molecular flexibility index (Phi) is 6.47. The molecule has 0 atom stereocenters. The zero-order valence-electron chi connectivity index (χ0n) is 11.8. The van der Waals surface area contributed by atoms with Gasteiger partial charge in [-0.1, -0.05) is 13.8 Å². The van der Waals surface area contributed by atoms with E-state index in [0.29, 0.717) is 24.8 Å². The molecule has 0 spiro atoms. The number of nitrogens with one attached hydrogen (secondary N) is 1. The predicted molar refractivity (Wildman–Crippen MR) is 76.6 cm³/mol. The average Bonchev–Trinajstić information content (AvgIpc) is 2.41. The van der Waals surface area contributed by atoms with Crippen molar-refractivity contribution in [2.75, 3.05) is 25.1 Å². The van der Waals surface area contributed by atoms with E-state index >= 15 is 0 Å². The van der Waals surface area contributed by atoms with Crippen LogP contribution in [0.4, 0.5) is 11.4 Å². The number of nitrogens with zero attached hydrogens (tertiary/aromatic N) is 2. The summed E-state index contributed by atoms with van der Waals surface area (Å²) >= 11 is 0. The van der Waals surface area contributed by atoms with Gasteiger partial charge >= 0.3 is 0 Å². The highest BCUT2D eigenvalue weighted by Crippen LogP contribution is 2.21. The van der Waals surface area contributed by atoms with Gasteiger partial charge in [-0.25, -0.2) is 0 Å². The number of nitro benzene ring substituents is 1. The van der Waals surface area contributed by atoms with Gasteiger partial charge < -0.3 is 10.1 Å². The Morgan fingerprint density at radius 2 is 2.25 bits per heavy atom. The summed E-state index contributed by atoms with van der Waals surface area (Å²) in [7, 11) is 0. The second-order valence-electron chi connectivity index (χ2n) is 4.85.